The Morgan fingerprint density at radius 3 is 2.60 bits per heavy atom. The molecule has 2 aliphatic rings. The average molecular weight is 211 g/mol. The molecule has 0 spiro atoms. The van der Waals surface area contributed by atoms with Crippen molar-refractivity contribution < 1.29 is 4.74 Å². The summed E-state index contributed by atoms with van der Waals surface area (Å²) in [6.45, 7) is 8.97. The third-order valence-corrected chi connectivity index (χ3v) is 4.15. The van der Waals surface area contributed by atoms with Gasteiger partial charge in [-0.15, -0.1) is 0 Å². The van der Waals surface area contributed by atoms with Crippen LogP contribution in [-0.2, 0) is 4.74 Å². The van der Waals surface area contributed by atoms with Crippen molar-refractivity contribution in [2.24, 2.45) is 17.3 Å². The van der Waals surface area contributed by atoms with Gasteiger partial charge < -0.3 is 10.1 Å². The van der Waals surface area contributed by atoms with Gasteiger partial charge in [0.2, 0.25) is 0 Å². The first-order chi connectivity index (χ1) is 7.20. The molecule has 0 aromatic heterocycles. The first-order valence-corrected chi connectivity index (χ1v) is 6.48. The van der Waals surface area contributed by atoms with E-state index >= 15 is 0 Å². The molecule has 0 radical (unpaired) electrons. The molecule has 2 rings (SSSR count). The zero-order chi connectivity index (χ0) is 10.7. The van der Waals surface area contributed by atoms with E-state index in [2.05, 4.69) is 19.2 Å². The zero-order valence-electron chi connectivity index (χ0n) is 10.2. The lowest BCUT2D eigenvalue weighted by Gasteiger charge is -2.39. The molecule has 1 aliphatic heterocycles. The summed E-state index contributed by atoms with van der Waals surface area (Å²) < 4.78 is 5.26. The average Bonchev–Trinajstić information content (AvgIpc) is 2.18. The summed E-state index contributed by atoms with van der Waals surface area (Å²) in [7, 11) is 0. The fraction of sp³-hybridized carbons (Fsp3) is 1.00. The van der Waals surface area contributed by atoms with E-state index in [4.69, 9.17) is 4.74 Å². The highest BCUT2D eigenvalue weighted by molar-refractivity contribution is 4.84. The Bertz CT molecular complexity index is 201. The van der Waals surface area contributed by atoms with Crippen molar-refractivity contribution in [3.63, 3.8) is 0 Å². The van der Waals surface area contributed by atoms with Crippen LogP contribution in [-0.4, -0.2) is 26.3 Å². The van der Waals surface area contributed by atoms with Crippen molar-refractivity contribution >= 4 is 0 Å². The molecule has 0 bridgehead atoms. The molecular formula is C13H25NO. The van der Waals surface area contributed by atoms with Gasteiger partial charge in [0.1, 0.15) is 0 Å². The molecule has 1 saturated heterocycles. The standard InChI is InChI=1S/C13H25NO/c1-11-5-3-4-6-12(11)7-14-8-13(2)9-15-10-13/h11-12,14H,3-10H2,1-2H3. The van der Waals surface area contributed by atoms with E-state index in [1.54, 1.807) is 0 Å². The van der Waals surface area contributed by atoms with Crippen molar-refractivity contribution in [1.82, 2.24) is 5.32 Å². The molecule has 0 aromatic carbocycles. The third-order valence-electron chi connectivity index (χ3n) is 4.15. The first-order valence-electron chi connectivity index (χ1n) is 6.48. The van der Waals surface area contributed by atoms with Gasteiger partial charge in [0, 0.05) is 12.0 Å². The van der Waals surface area contributed by atoms with E-state index in [-0.39, 0.29) is 0 Å². The van der Waals surface area contributed by atoms with E-state index in [0.717, 1.165) is 31.6 Å². The Morgan fingerprint density at radius 2 is 2.00 bits per heavy atom. The summed E-state index contributed by atoms with van der Waals surface area (Å²) in [6, 6.07) is 0. The number of hydrogen-bond donors (Lipinski definition) is 1. The summed E-state index contributed by atoms with van der Waals surface area (Å²) in [6.07, 6.45) is 5.76. The topological polar surface area (TPSA) is 21.3 Å². The molecule has 2 fully saturated rings. The molecule has 1 heterocycles. The van der Waals surface area contributed by atoms with Gasteiger partial charge in [0.05, 0.1) is 13.2 Å². The van der Waals surface area contributed by atoms with Crippen molar-refractivity contribution in [2.75, 3.05) is 26.3 Å². The first kappa shape index (κ1) is 11.4. The molecule has 2 unspecified atom stereocenters. The molecule has 0 amide bonds. The number of rotatable bonds is 4. The van der Waals surface area contributed by atoms with Crippen LogP contribution in [0.3, 0.4) is 0 Å². The van der Waals surface area contributed by atoms with Gasteiger partial charge in [0.25, 0.3) is 0 Å². The quantitative estimate of drug-likeness (QED) is 0.771. The van der Waals surface area contributed by atoms with Gasteiger partial charge in [-0.05, 0) is 24.8 Å². The van der Waals surface area contributed by atoms with Crippen LogP contribution in [0.4, 0.5) is 0 Å². The fourth-order valence-corrected chi connectivity index (χ4v) is 2.81. The van der Waals surface area contributed by atoms with E-state index in [1.165, 1.54) is 32.2 Å². The van der Waals surface area contributed by atoms with Crippen LogP contribution < -0.4 is 5.32 Å². The normalized spacial score (nSPS) is 34.8. The predicted molar refractivity (Wildman–Crippen MR) is 62.9 cm³/mol. The molecule has 1 N–H and O–H groups in total. The Kier molecular flexibility index (Phi) is 3.68. The lowest BCUT2D eigenvalue weighted by atomic mass is 9.80. The number of nitrogens with one attached hydrogen (secondary N) is 1. The second-order valence-electron chi connectivity index (χ2n) is 5.96. The molecule has 2 heteroatoms. The molecule has 0 aromatic rings. The van der Waals surface area contributed by atoms with E-state index in [0.29, 0.717) is 5.41 Å². The molecule has 1 saturated carbocycles. The molecule has 88 valence electrons. The Balaban J connectivity index is 1.64. The SMILES string of the molecule is CC1CCCCC1CNCC1(C)COC1. The highest BCUT2D eigenvalue weighted by Gasteiger charge is 2.33. The maximum Gasteiger partial charge on any atom is 0.0554 e. The largest absolute Gasteiger partial charge is 0.380 e. The minimum Gasteiger partial charge on any atom is -0.380 e. The van der Waals surface area contributed by atoms with Crippen LogP contribution in [0.5, 0.6) is 0 Å². The van der Waals surface area contributed by atoms with Gasteiger partial charge in [-0.2, -0.15) is 0 Å². The van der Waals surface area contributed by atoms with Gasteiger partial charge in [-0.25, -0.2) is 0 Å². The summed E-state index contributed by atoms with van der Waals surface area (Å²) in [5, 5.41) is 3.65. The third kappa shape index (κ3) is 2.94. The summed E-state index contributed by atoms with van der Waals surface area (Å²) in [5.74, 6) is 1.85. The second-order valence-corrected chi connectivity index (χ2v) is 5.96. The van der Waals surface area contributed by atoms with Crippen molar-refractivity contribution in [3.05, 3.63) is 0 Å². The van der Waals surface area contributed by atoms with Crippen LogP contribution >= 0.6 is 0 Å². The molecule has 2 atom stereocenters. The summed E-state index contributed by atoms with van der Waals surface area (Å²) in [4.78, 5) is 0. The van der Waals surface area contributed by atoms with Gasteiger partial charge in [-0.1, -0.05) is 33.1 Å². The van der Waals surface area contributed by atoms with Crippen LogP contribution in [0.25, 0.3) is 0 Å². The zero-order valence-corrected chi connectivity index (χ0v) is 10.2. The maximum absolute atomic E-state index is 5.26. The van der Waals surface area contributed by atoms with Gasteiger partial charge >= 0.3 is 0 Å². The van der Waals surface area contributed by atoms with Crippen LogP contribution in [0, 0.1) is 17.3 Å². The molecule has 2 nitrogen and oxygen atoms in total. The smallest absolute Gasteiger partial charge is 0.0554 e. The van der Waals surface area contributed by atoms with Crippen LogP contribution in [0.15, 0.2) is 0 Å². The lowest BCUT2D eigenvalue weighted by molar-refractivity contribution is -0.0994. The number of ether oxygens (including phenoxy) is 1. The van der Waals surface area contributed by atoms with E-state index in [1.807, 2.05) is 0 Å². The minimum absolute atomic E-state index is 0.428. The second kappa shape index (κ2) is 4.84. The molecule has 1 aliphatic carbocycles. The summed E-state index contributed by atoms with van der Waals surface area (Å²) in [5.41, 5.74) is 0.428. The van der Waals surface area contributed by atoms with Crippen LogP contribution in [0.2, 0.25) is 0 Å². The van der Waals surface area contributed by atoms with Gasteiger partial charge in [0.15, 0.2) is 0 Å². The highest BCUT2D eigenvalue weighted by Crippen LogP contribution is 2.29. The molecule has 15 heavy (non-hydrogen) atoms. The number of hydrogen-bond acceptors (Lipinski definition) is 2. The van der Waals surface area contributed by atoms with Crippen molar-refractivity contribution in [1.29, 1.82) is 0 Å². The minimum atomic E-state index is 0.428. The summed E-state index contributed by atoms with van der Waals surface area (Å²) >= 11 is 0. The lowest BCUT2D eigenvalue weighted by Crippen LogP contribution is -2.48. The predicted octanol–water partition coefficient (Wildman–Crippen LogP) is 2.44. The Hall–Kier alpha value is -0.0800. The van der Waals surface area contributed by atoms with Crippen molar-refractivity contribution in [2.45, 2.75) is 39.5 Å². The van der Waals surface area contributed by atoms with E-state index < -0.39 is 0 Å². The highest BCUT2D eigenvalue weighted by atomic mass is 16.5. The monoisotopic (exact) mass is 211 g/mol. The Morgan fingerprint density at radius 1 is 1.27 bits per heavy atom. The Labute approximate surface area is 93.8 Å². The van der Waals surface area contributed by atoms with E-state index in [9.17, 15) is 0 Å². The van der Waals surface area contributed by atoms with Crippen LogP contribution in [0.1, 0.15) is 39.5 Å². The maximum atomic E-state index is 5.26. The van der Waals surface area contributed by atoms with Crippen molar-refractivity contribution in [3.8, 4) is 0 Å². The molecular weight excluding hydrogens is 186 g/mol. The fourth-order valence-electron chi connectivity index (χ4n) is 2.81. The van der Waals surface area contributed by atoms with Gasteiger partial charge in [-0.3, -0.25) is 0 Å².